The number of carbonyl (C=O) groups excluding carboxylic acids is 1. The first-order valence-corrected chi connectivity index (χ1v) is 6.01. The van der Waals surface area contributed by atoms with E-state index >= 15 is 0 Å². The molecule has 1 saturated heterocycles. The SMILES string of the molecule is Cc1ccc(C(F)(F)F)c(C(=O)N2CCC(N)C2)c1. The molecule has 1 aromatic carbocycles. The van der Waals surface area contributed by atoms with Crippen molar-refractivity contribution in [3.8, 4) is 0 Å². The van der Waals surface area contributed by atoms with Gasteiger partial charge in [-0.15, -0.1) is 0 Å². The van der Waals surface area contributed by atoms with Crippen molar-refractivity contribution in [3.63, 3.8) is 0 Å². The van der Waals surface area contributed by atoms with Gasteiger partial charge in [0.05, 0.1) is 11.1 Å². The number of aryl methyl sites for hydroxylation is 1. The number of benzene rings is 1. The Bertz CT molecular complexity index is 499. The molecule has 6 heteroatoms. The maximum Gasteiger partial charge on any atom is 0.417 e. The maximum absolute atomic E-state index is 12.9. The summed E-state index contributed by atoms with van der Waals surface area (Å²) in [5.41, 5.74) is 5.13. The highest BCUT2D eigenvalue weighted by atomic mass is 19.4. The van der Waals surface area contributed by atoms with Gasteiger partial charge in [-0.05, 0) is 25.5 Å². The molecule has 0 aliphatic carbocycles. The lowest BCUT2D eigenvalue weighted by Gasteiger charge is -2.19. The van der Waals surface area contributed by atoms with E-state index in [0.29, 0.717) is 25.1 Å². The van der Waals surface area contributed by atoms with Crippen molar-refractivity contribution < 1.29 is 18.0 Å². The number of hydrogen-bond donors (Lipinski definition) is 1. The van der Waals surface area contributed by atoms with Crippen molar-refractivity contribution in [2.45, 2.75) is 25.6 Å². The van der Waals surface area contributed by atoms with Crippen LogP contribution in [0, 0.1) is 6.92 Å². The minimum absolute atomic E-state index is 0.150. The van der Waals surface area contributed by atoms with E-state index in [9.17, 15) is 18.0 Å². The molecule has 0 spiro atoms. The number of halogens is 3. The minimum atomic E-state index is -4.53. The molecule has 2 N–H and O–H groups in total. The van der Waals surface area contributed by atoms with Gasteiger partial charge in [0, 0.05) is 19.1 Å². The number of alkyl halides is 3. The summed E-state index contributed by atoms with van der Waals surface area (Å²) in [7, 11) is 0. The van der Waals surface area contributed by atoms with Crippen LogP contribution in [0.5, 0.6) is 0 Å². The molecular weight excluding hydrogens is 257 g/mol. The van der Waals surface area contributed by atoms with Gasteiger partial charge in [0.2, 0.25) is 0 Å². The van der Waals surface area contributed by atoms with Crippen molar-refractivity contribution in [1.82, 2.24) is 4.90 Å². The van der Waals surface area contributed by atoms with Crippen molar-refractivity contribution in [1.29, 1.82) is 0 Å². The number of nitrogens with two attached hydrogens (primary N) is 1. The highest BCUT2D eigenvalue weighted by molar-refractivity contribution is 5.96. The Labute approximate surface area is 109 Å². The highest BCUT2D eigenvalue weighted by Crippen LogP contribution is 2.33. The van der Waals surface area contributed by atoms with Crippen LogP contribution in [0.25, 0.3) is 0 Å². The summed E-state index contributed by atoms with van der Waals surface area (Å²) in [4.78, 5) is 13.6. The van der Waals surface area contributed by atoms with Crippen LogP contribution in [0.4, 0.5) is 13.2 Å². The number of hydrogen-bond acceptors (Lipinski definition) is 2. The number of nitrogens with zero attached hydrogens (tertiary/aromatic N) is 1. The van der Waals surface area contributed by atoms with Gasteiger partial charge in [0.25, 0.3) is 5.91 Å². The zero-order chi connectivity index (χ0) is 14.2. The number of amides is 1. The number of carbonyl (C=O) groups is 1. The third-order valence-electron chi connectivity index (χ3n) is 3.22. The molecule has 0 bridgehead atoms. The van der Waals surface area contributed by atoms with Crippen LogP contribution in [-0.2, 0) is 6.18 Å². The lowest BCUT2D eigenvalue weighted by Crippen LogP contribution is -2.33. The fraction of sp³-hybridized carbons (Fsp3) is 0.462. The van der Waals surface area contributed by atoms with E-state index in [-0.39, 0.29) is 11.6 Å². The van der Waals surface area contributed by atoms with Gasteiger partial charge in [-0.1, -0.05) is 11.6 Å². The summed E-state index contributed by atoms with van der Waals surface area (Å²) in [5, 5.41) is 0. The third-order valence-corrected chi connectivity index (χ3v) is 3.22. The van der Waals surface area contributed by atoms with Gasteiger partial charge in [-0.2, -0.15) is 13.2 Å². The smallest absolute Gasteiger partial charge is 0.337 e. The second-order valence-corrected chi connectivity index (χ2v) is 4.85. The van der Waals surface area contributed by atoms with Crippen LogP contribution in [-0.4, -0.2) is 29.9 Å². The van der Waals surface area contributed by atoms with Gasteiger partial charge in [0.1, 0.15) is 0 Å². The Morgan fingerprint density at radius 2 is 2.11 bits per heavy atom. The molecule has 1 heterocycles. The van der Waals surface area contributed by atoms with Crippen LogP contribution >= 0.6 is 0 Å². The van der Waals surface area contributed by atoms with Gasteiger partial charge in [-0.25, -0.2) is 0 Å². The van der Waals surface area contributed by atoms with Crippen molar-refractivity contribution in [2.24, 2.45) is 5.73 Å². The van der Waals surface area contributed by atoms with Crippen molar-refractivity contribution in [2.75, 3.05) is 13.1 Å². The molecule has 104 valence electrons. The molecule has 3 nitrogen and oxygen atoms in total. The van der Waals surface area contributed by atoms with E-state index in [4.69, 9.17) is 5.73 Å². The van der Waals surface area contributed by atoms with Crippen LogP contribution in [0.2, 0.25) is 0 Å². The molecule has 0 saturated carbocycles. The monoisotopic (exact) mass is 272 g/mol. The fourth-order valence-electron chi connectivity index (χ4n) is 2.22. The summed E-state index contributed by atoms with van der Waals surface area (Å²) in [5.74, 6) is -0.594. The predicted molar refractivity (Wildman–Crippen MR) is 64.7 cm³/mol. The lowest BCUT2D eigenvalue weighted by atomic mass is 10.0. The standard InChI is InChI=1S/C13H15F3N2O/c1-8-2-3-11(13(14,15)16)10(6-8)12(19)18-5-4-9(17)7-18/h2-3,6,9H,4-5,7,17H2,1H3. The first-order valence-electron chi connectivity index (χ1n) is 6.01. The summed E-state index contributed by atoms with van der Waals surface area (Å²) in [6.07, 6.45) is -3.90. The molecule has 0 aromatic heterocycles. The molecule has 1 aliphatic rings. The molecule has 1 amide bonds. The summed E-state index contributed by atoms with van der Waals surface area (Å²) >= 11 is 0. The van der Waals surface area contributed by atoms with E-state index in [1.54, 1.807) is 6.92 Å². The second-order valence-electron chi connectivity index (χ2n) is 4.85. The number of rotatable bonds is 1. The van der Waals surface area contributed by atoms with Crippen LogP contribution in [0.15, 0.2) is 18.2 Å². The van der Waals surface area contributed by atoms with E-state index in [2.05, 4.69) is 0 Å². The lowest BCUT2D eigenvalue weighted by molar-refractivity contribution is -0.138. The van der Waals surface area contributed by atoms with Crippen LogP contribution in [0.1, 0.15) is 27.9 Å². The van der Waals surface area contributed by atoms with Gasteiger partial charge >= 0.3 is 6.18 Å². The highest BCUT2D eigenvalue weighted by Gasteiger charge is 2.37. The normalized spacial score (nSPS) is 19.8. The Morgan fingerprint density at radius 3 is 2.63 bits per heavy atom. The first-order chi connectivity index (χ1) is 8.79. The summed E-state index contributed by atoms with van der Waals surface area (Å²) in [6, 6.07) is 3.45. The van der Waals surface area contributed by atoms with E-state index in [1.807, 2.05) is 0 Å². The number of likely N-dealkylation sites (tertiary alicyclic amines) is 1. The summed E-state index contributed by atoms with van der Waals surface area (Å²) < 4.78 is 38.7. The quantitative estimate of drug-likeness (QED) is 0.851. The Morgan fingerprint density at radius 1 is 1.42 bits per heavy atom. The molecule has 1 aliphatic heterocycles. The topological polar surface area (TPSA) is 46.3 Å². The van der Waals surface area contributed by atoms with E-state index < -0.39 is 17.6 Å². The summed E-state index contributed by atoms with van der Waals surface area (Å²) in [6.45, 7) is 2.38. The Hall–Kier alpha value is -1.56. The molecule has 1 aromatic rings. The zero-order valence-corrected chi connectivity index (χ0v) is 10.5. The molecule has 0 radical (unpaired) electrons. The van der Waals surface area contributed by atoms with Gasteiger partial charge < -0.3 is 10.6 Å². The molecule has 1 atom stereocenters. The Balaban J connectivity index is 2.38. The molecule has 1 fully saturated rings. The maximum atomic E-state index is 12.9. The largest absolute Gasteiger partial charge is 0.417 e. The molecule has 1 unspecified atom stereocenters. The Kier molecular flexibility index (Phi) is 3.54. The average Bonchev–Trinajstić information content (AvgIpc) is 2.73. The third kappa shape index (κ3) is 2.89. The van der Waals surface area contributed by atoms with Crippen LogP contribution in [0.3, 0.4) is 0 Å². The zero-order valence-electron chi connectivity index (χ0n) is 10.5. The van der Waals surface area contributed by atoms with Crippen molar-refractivity contribution in [3.05, 3.63) is 34.9 Å². The van der Waals surface area contributed by atoms with Crippen LogP contribution < -0.4 is 5.73 Å². The second kappa shape index (κ2) is 4.85. The van der Waals surface area contributed by atoms with Gasteiger partial charge in [-0.3, -0.25) is 4.79 Å². The van der Waals surface area contributed by atoms with E-state index in [1.165, 1.54) is 17.0 Å². The average molecular weight is 272 g/mol. The predicted octanol–water partition coefficient (Wildman–Crippen LogP) is 2.19. The minimum Gasteiger partial charge on any atom is -0.337 e. The molecule has 2 rings (SSSR count). The first kappa shape index (κ1) is 13.9. The molecular formula is C13H15F3N2O. The fourth-order valence-corrected chi connectivity index (χ4v) is 2.22. The molecule has 19 heavy (non-hydrogen) atoms. The van der Waals surface area contributed by atoms with E-state index in [0.717, 1.165) is 6.07 Å². The van der Waals surface area contributed by atoms with Gasteiger partial charge in [0.15, 0.2) is 0 Å². The van der Waals surface area contributed by atoms with Crippen molar-refractivity contribution >= 4 is 5.91 Å².